The number of carboxylic acids is 1. The topological polar surface area (TPSA) is 63.6 Å². The largest absolute Gasteiger partial charge is 0.478 e. The zero-order valence-corrected chi connectivity index (χ0v) is 10.8. The molecule has 1 rings (SSSR count). The van der Waals surface area contributed by atoms with Crippen LogP contribution < -0.4 is 0 Å². The van der Waals surface area contributed by atoms with E-state index in [4.69, 9.17) is 9.84 Å². The Bertz CT molecular complexity index is 459. The number of esters is 1. The Balaban J connectivity index is 2.69. The van der Waals surface area contributed by atoms with Crippen LogP contribution in [0, 0.1) is 5.82 Å². The first-order chi connectivity index (χ1) is 8.40. The number of halogens is 1. The number of benzene rings is 1. The van der Waals surface area contributed by atoms with Gasteiger partial charge in [0.1, 0.15) is 5.82 Å². The standard InChI is InChI=1S/C12H13FO4S/c1-7(2)17-11(14)6-18-10-5-8(12(15)16)3-4-9(10)13/h3-5,7H,6H2,1-2H3,(H,15,16). The summed E-state index contributed by atoms with van der Waals surface area (Å²) in [5.41, 5.74) is -0.0175. The Labute approximate surface area is 108 Å². The number of rotatable bonds is 5. The van der Waals surface area contributed by atoms with Crippen LogP contribution in [0.2, 0.25) is 0 Å². The molecule has 18 heavy (non-hydrogen) atoms. The lowest BCUT2D eigenvalue weighted by Gasteiger charge is -2.08. The lowest BCUT2D eigenvalue weighted by molar-refractivity contribution is -0.144. The molecule has 0 aromatic heterocycles. The van der Waals surface area contributed by atoms with Gasteiger partial charge in [-0.25, -0.2) is 9.18 Å². The van der Waals surface area contributed by atoms with E-state index in [9.17, 15) is 14.0 Å². The minimum atomic E-state index is -1.14. The normalized spacial score (nSPS) is 10.4. The third-order valence-corrected chi connectivity index (χ3v) is 2.89. The molecule has 0 aliphatic heterocycles. The molecule has 0 spiro atoms. The molecule has 6 heteroatoms. The molecule has 0 amide bonds. The van der Waals surface area contributed by atoms with Crippen molar-refractivity contribution in [2.75, 3.05) is 5.75 Å². The van der Waals surface area contributed by atoms with Gasteiger partial charge in [-0.15, -0.1) is 11.8 Å². The van der Waals surface area contributed by atoms with E-state index < -0.39 is 17.8 Å². The summed E-state index contributed by atoms with van der Waals surface area (Å²) >= 11 is 0.916. The summed E-state index contributed by atoms with van der Waals surface area (Å²) in [7, 11) is 0. The fourth-order valence-corrected chi connectivity index (χ4v) is 1.94. The van der Waals surface area contributed by atoms with Crippen LogP contribution in [0.3, 0.4) is 0 Å². The number of carbonyl (C=O) groups excluding carboxylic acids is 1. The van der Waals surface area contributed by atoms with Crippen molar-refractivity contribution < 1.29 is 23.8 Å². The highest BCUT2D eigenvalue weighted by Crippen LogP contribution is 2.23. The zero-order valence-electron chi connectivity index (χ0n) is 9.97. The zero-order chi connectivity index (χ0) is 13.7. The molecule has 1 aromatic carbocycles. The van der Waals surface area contributed by atoms with Gasteiger partial charge >= 0.3 is 11.9 Å². The van der Waals surface area contributed by atoms with Crippen LogP contribution in [-0.4, -0.2) is 28.9 Å². The summed E-state index contributed by atoms with van der Waals surface area (Å²) in [6, 6.07) is 3.44. The van der Waals surface area contributed by atoms with E-state index in [0.29, 0.717) is 0 Å². The quantitative estimate of drug-likeness (QED) is 0.659. The van der Waals surface area contributed by atoms with Crippen molar-refractivity contribution in [1.29, 1.82) is 0 Å². The second kappa shape index (κ2) is 6.39. The molecule has 0 saturated carbocycles. The van der Waals surface area contributed by atoms with Crippen LogP contribution in [0.25, 0.3) is 0 Å². The first kappa shape index (κ1) is 14.5. The number of carbonyl (C=O) groups is 2. The van der Waals surface area contributed by atoms with Crippen molar-refractivity contribution >= 4 is 23.7 Å². The number of aromatic carboxylic acids is 1. The van der Waals surface area contributed by atoms with Crippen molar-refractivity contribution in [3.63, 3.8) is 0 Å². The lowest BCUT2D eigenvalue weighted by Crippen LogP contribution is -2.13. The fourth-order valence-electron chi connectivity index (χ4n) is 1.18. The van der Waals surface area contributed by atoms with E-state index in [1.165, 1.54) is 12.1 Å². The minimum absolute atomic E-state index is 0.0175. The van der Waals surface area contributed by atoms with E-state index in [1.807, 2.05) is 0 Å². The molecule has 0 aliphatic rings. The molecule has 1 aromatic rings. The Morgan fingerprint density at radius 1 is 1.44 bits per heavy atom. The molecule has 0 atom stereocenters. The summed E-state index contributed by atoms with van der Waals surface area (Å²) in [5.74, 6) is -2.21. The van der Waals surface area contributed by atoms with E-state index in [1.54, 1.807) is 13.8 Å². The number of thioether (sulfide) groups is 1. The fraction of sp³-hybridized carbons (Fsp3) is 0.333. The van der Waals surface area contributed by atoms with Gasteiger partial charge in [-0.2, -0.15) is 0 Å². The van der Waals surface area contributed by atoms with Crippen LogP contribution in [0.5, 0.6) is 0 Å². The molecule has 98 valence electrons. The summed E-state index contributed by atoms with van der Waals surface area (Å²) in [6.07, 6.45) is -0.228. The van der Waals surface area contributed by atoms with E-state index in [0.717, 1.165) is 17.8 Å². The van der Waals surface area contributed by atoms with Crippen LogP contribution in [-0.2, 0) is 9.53 Å². The number of carboxylic acid groups (broad SMARTS) is 1. The maximum Gasteiger partial charge on any atom is 0.335 e. The van der Waals surface area contributed by atoms with Crippen molar-refractivity contribution in [3.8, 4) is 0 Å². The van der Waals surface area contributed by atoms with Gasteiger partial charge in [-0.3, -0.25) is 4.79 Å². The van der Waals surface area contributed by atoms with Gasteiger partial charge < -0.3 is 9.84 Å². The van der Waals surface area contributed by atoms with E-state index in [-0.39, 0.29) is 22.3 Å². The number of ether oxygens (including phenoxy) is 1. The summed E-state index contributed by atoms with van der Waals surface area (Å²) < 4.78 is 18.3. The van der Waals surface area contributed by atoms with E-state index >= 15 is 0 Å². The maximum atomic E-state index is 13.4. The molecule has 0 unspecified atom stereocenters. The molecular formula is C12H13FO4S. The van der Waals surface area contributed by atoms with Gasteiger partial charge in [-0.05, 0) is 32.0 Å². The molecule has 0 saturated heterocycles. The monoisotopic (exact) mass is 272 g/mol. The first-order valence-electron chi connectivity index (χ1n) is 5.25. The van der Waals surface area contributed by atoms with Crippen LogP contribution in [0.1, 0.15) is 24.2 Å². The van der Waals surface area contributed by atoms with Crippen molar-refractivity contribution in [3.05, 3.63) is 29.6 Å². The van der Waals surface area contributed by atoms with Gasteiger partial charge in [0, 0.05) is 4.90 Å². The van der Waals surface area contributed by atoms with Crippen molar-refractivity contribution in [2.24, 2.45) is 0 Å². The van der Waals surface area contributed by atoms with Gasteiger partial charge in [-0.1, -0.05) is 0 Å². The predicted octanol–water partition coefficient (Wildman–Crippen LogP) is 2.57. The Morgan fingerprint density at radius 2 is 2.11 bits per heavy atom. The molecular weight excluding hydrogens is 259 g/mol. The van der Waals surface area contributed by atoms with Crippen molar-refractivity contribution in [1.82, 2.24) is 0 Å². The molecule has 1 N–H and O–H groups in total. The molecule has 0 fully saturated rings. The van der Waals surface area contributed by atoms with E-state index in [2.05, 4.69) is 0 Å². The highest BCUT2D eigenvalue weighted by Gasteiger charge is 2.12. The number of hydrogen-bond donors (Lipinski definition) is 1. The maximum absolute atomic E-state index is 13.4. The molecule has 0 aliphatic carbocycles. The molecule has 0 heterocycles. The molecule has 0 radical (unpaired) electrons. The smallest absolute Gasteiger partial charge is 0.335 e. The highest BCUT2D eigenvalue weighted by atomic mass is 32.2. The second-order valence-corrected chi connectivity index (χ2v) is 4.79. The molecule has 0 bridgehead atoms. The van der Waals surface area contributed by atoms with Crippen molar-refractivity contribution in [2.45, 2.75) is 24.8 Å². The number of hydrogen-bond acceptors (Lipinski definition) is 4. The van der Waals surface area contributed by atoms with Crippen LogP contribution in [0.4, 0.5) is 4.39 Å². The van der Waals surface area contributed by atoms with Crippen LogP contribution in [0.15, 0.2) is 23.1 Å². The average molecular weight is 272 g/mol. The summed E-state index contributed by atoms with van der Waals surface area (Å²) in [5, 5.41) is 8.77. The Morgan fingerprint density at radius 3 is 2.67 bits per heavy atom. The third kappa shape index (κ3) is 4.37. The van der Waals surface area contributed by atoms with Gasteiger partial charge in [0.05, 0.1) is 17.4 Å². The summed E-state index contributed by atoms with van der Waals surface area (Å²) in [6.45, 7) is 3.43. The van der Waals surface area contributed by atoms with Gasteiger partial charge in [0.15, 0.2) is 0 Å². The first-order valence-corrected chi connectivity index (χ1v) is 6.24. The SMILES string of the molecule is CC(C)OC(=O)CSc1cc(C(=O)O)ccc1F. The average Bonchev–Trinajstić information content (AvgIpc) is 2.26. The third-order valence-electron chi connectivity index (χ3n) is 1.89. The molecule has 4 nitrogen and oxygen atoms in total. The minimum Gasteiger partial charge on any atom is -0.478 e. The highest BCUT2D eigenvalue weighted by molar-refractivity contribution is 8.00. The second-order valence-electron chi connectivity index (χ2n) is 3.78. The predicted molar refractivity (Wildman–Crippen MR) is 65.3 cm³/mol. The lowest BCUT2D eigenvalue weighted by atomic mass is 10.2. The Kier molecular flexibility index (Phi) is 5.15. The van der Waals surface area contributed by atoms with Crippen LogP contribution >= 0.6 is 11.8 Å². The van der Waals surface area contributed by atoms with Gasteiger partial charge in [0.25, 0.3) is 0 Å². The van der Waals surface area contributed by atoms with Gasteiger partial charge in [0.2, 0.25) is 0 Å². The summed E-state index contributed by atoms with van der Waals surface area (Å²) in [4.78, 5) is 22.1. The Hall–Kier alpha value is -1.56.